The minimum Gasteiger partial charge on any atom is -0.368 e. The number of nitrogens with one attached hydrogen (secondary N) is 2. The highest BCUT2D eigenvalue weighted by molar-refractivity contribution is 8.00. The fraction of sp³-hybridized carbons (Fsp3) is 0.746. The zero-order valence-corrected chi connectivity index (χ0v) is 61.7. The predicted octanol–water partition coefficient (Wildman–Crippen LogP) is 5.20. The Morgan fingerprint density at radius 3 is 1.86 bits per heavy atom. The third-order valence-electron chi connectivity index (χ3n) is 22.5. The summed E-state index contributed by atoms with van der Waals surface area (Å²) in [5.41, 5.74) is 2.16. The molecule has 1 aromatic carbocycles. The molecule has 10 atom stereocenters. The van der Waals surface area contributed by atoms with Gasteiger partial charge in [0.25, 0.3) is 0 Å². The molecule has 4 N–H and O–H groups in total. The third kappa shape index (κ3) is 18.8. The number of carbonyl (C=O) groups excluding carboxylic acids is 12. The first-order valence-electron chi connectivity index (χ1n) is 35.9. The van der Waals surface area contributed by atoms with E-state index in [9.17, 15) is 51.5 Å². The topological polar surface area (TPSA) is 284 Å². The van der Waals surface area contributed by atoms with Crippen LogP contribution < -0.4 is 16.4 Å². The molecule has 564 valence electrons. The number of primary amides is 1. The summed E-state index contributed by atoms with van der Waals surface area (Å²) in [6, 6.07) is -8.79. The van der Waals surface area contributed by atoms with Gasteiger partial charge in [-0.05, 0) is 118 Å². The Balaban J connectivity index is 1.26. The summed E-state index contributed by atoms with van der Waals surface area (Å²) >= 11 is 1.05. The number of likely N-dealkylation sites (N-methyl/N-ethyl adjacent to an activating group) is 7. The van der Waals surface area contributed by atoms with E-state index in [0.717, 1.165) is 61.6 Å². The predicted molar refractivity (Wildman–Crippen MR) is 367 cm³/mol. The van der Waals surface area contributed by atoms with E-state index >= 15 is 28.0 Å². The van der Waals surface area contributed by atoms with Crippen molar-refractivity contribution in [1.82, 2.24) is 54.7 Å². The minimum absolute atomic E-state index is 0.0151. The van der Waals surface area contributed by atoms with Crippen molar-refractivity contribution in [2.24, 2.45) is 35.3 Å². The zero-order chi connectivity index (χ0) is 74.9. The maximum absolute atomic E-state index is 15.5. The molecule has 101 heavy (non-hydrogen) atoms. The lowest BCUT2D eigenvalue weighted by atomic mass is 9.74. The van der Waals surface area contributed by atoms with Crippen LogP contribution in [0.4, 0.5) is 22.0 Å². The molecular weight excluding hydrogens is 1340 g/mol. The van der Waals surface area contributed by atoms with Crippen LogP contribution in [-0.4, -0.2) is 256 Å². The van der Waals surface area contributed by atoms with Crippen LogP contribution in [0.3, 0.4) is 0 Å². The van der Waals surface area contributed by atoms with Crippen LogP contribution in [-0.2, 0) is 70.1 Å². The molecule has 24 nitrogen and oxygen atoms in total. The van der Waals surface area contributed by atoms with Crippen molar-refractivity contribution in [3.05, 3.63) is 34.9 Å². The van der Waals surface area contributed by atoms with E-state index in [1.54, 1.807) is 0 Å². The summed E-state index contributed by atoms with van der Waals surface area (Å²) < 4.78 is 71.4. The Labute approximate surface area is 594 Å². The monoisotopic (exact) mass is 1450 g/mol. The molecule has 3 heterocycles. The molecule has 6 fully saturated rings. The van der Waals surface area contributed by atoms with Crippen molar-refractivity contribution >= 4 is 82.6 Å². The summed E-state index contributed by atoms with van der Waals surface area (Å²) in [5.74, 6) is -13.9. The van der Waals surface area contributed by atoms with Gasteiger partial charge in [0, 0.05) is 81.6 Å². The van der Waals surface area contributed by atoms with Gasteiger partial charge in [0.1, 0.15) is 71.1 Å². The number of alkyl halides is 3. The maximum Gasteiger partial charge on any atom is 0.422 e. The van der Waals surface area contributed by atoms with Crippen molar-refractivity contribution in [1.29, 1.82) is 0 Å². The fourth-order valence-electron chi connectivity index (χ4n) is 16.3. The Bertz CT molecular complexity index is 3190. The second kappa shape index (κ2) is 34.9. The normalized spacial score (nSPS) is 28.3. The van der Waals surface area contributed by atoms with Gasteiger partial charge in [-0.15, -0.1) is 11.8 Å². The molecule has 1 aromatic rings. The lowest BCUT2D eigenvalue weighted by molar-refractivity contribution is -0.160. The van der Waals surface area contributed by atoms with E-state index in [0.29, 0.717) is 44.2 Å². The molecule has 3 saturated heterocycles. The van der Waals surface area contributed by atoms with Crippen molar-refractivity contribution in [3.63, 3.8) is 0 Å². The standard InChI is InChI=1S/C71H107F5N12O12S/c1-13-45-37-55(90)82(8)42(4)63(94)88-33-29-51(88)67(98)83(9)52(36-43-22-15-14-16-23-43)66(97)81(7)38-54(89)78-49(28-27-44-34-47(72)58(48(73)35-44)71(74,75)76)64(95)87-32-21-26-50(87)62(93)79-70(30-19-20-31-70)69(100)86(12)59(46-24-17-18-25-46)68(99)84(10)53(65(96)80(5)6)39-101-40-56(91)85(11)60(61(77)92)57(45)41(2)3/h34-35,41-43,45-46,49-53,57,59-60H,13-33,36-40H2,1-12H3,(H2,77,92)(H,78,89)(H,79,93)/t42-,45-,49-,50-,51-,52-,53-,57?,59?,60-/m0/s1. The highest BCUT2D eigenvalue weighted by atomic mass is 32.2. The van der Waals surface area contributed by atoms with Crippen molar-refractivity contribution in [3.8, 4) is 0 Å². The average molecular weight is 1450 g/mol. The number of benzene rings is 1. The average Bonchev–Trinajstić information content (AvgIpc) is 1.76. The van der Waals surface area contributed by atoms with Crippen LogP contribution >= 0.6 is 11.8 Å². The molecule has 0 bridgehead atoms. The molecule has 1 spiro atoms. The van der Waals surface area contributed by atoms with Crippen LogP contribution in [0.2, 0.25) is 0 Å². The van der Waals surface area contributed by atoms with E-state index in [4.69, 9.17) is 5.73 Å². The summed E-state index contributed by atoms with van der Waals surface area (Å²) in [7, 11) is 11.7. The van der Waals surface area contributed by atoms with Crippen molar-refractivity contribution in [2.75, 3.05) is 87.5 Å². The van der Waals surface area contributed by atoms with Crippen LogP contribution in [0.15, 0.2) is 12.1 Å². The maximum atomic E-state index is 15.5. The van der Waals surface area contributed by atoms with Gasteiger partial charge in [-0.3, -0.25) is 57.5 Å². The summed E-state index contributed by atoms with van der Waals surface area (Å²) in [5, 5.41) is 5.64. The SMILES string of the molecule is CC[C@H]1CC(=O)N(C)[C@@H](C)C(=O)N2CC[C@H]2C(=O)N(C)[C@@H](CC2CCCCC2)C(=O)N(C)CC(=O)N[C@@H](CCc2cc(F)c(C(F)(F)F)c(F)c2)C(=O)N2CCC[C@H]2C(=O)NC2(CCCC2)C(=O)N(C)C(C2CCCC2)C(=O)N(C)[C@H](C(=O)N(C)C)CSCC(=O)N(C)[C@H](C(N)=O)C1C(C)C. The number of thioether (sulfide) groups is 1. The van der Waals surface area contributed by atoms with Gasteiger partial charge in [0.05, 0.1) is 12.3 Å². The molecular formula is C71H107F5N12O12S. The first-order chi connectivity index (χ1) is 47.5. The van der Waals surface area contributed by atoms with E-state index in [2.05, 4.69) is 10.6 Å². The summed E-state index contributed by atoms with van der Waals surface area (Å²) in [4.78, 5) is 188. The number of aryl methyl sites for hydroxylation is 1. The fourth-order valence-corrected chi connectivity index (χ4v) is 17.4. The van der Waals surface area contributed by atoms with Crippen molar-refractivity contribution in [2.45, 2.75) is 223 Å². The lowest BCUT2D eigenvalue weighted by Gasteiger charge is -2.45. The van der Waals surface area contributed by atoms with E-state index in [-0.39, 0.29) is 92.9 Å². The molecule has 0 radical (unpaired) electrons. The molecule has 3 saturated carbocycles. The zero-order valence-electron chi connectivity index (χ0n) is 60.8. The summed E-state index contributed by atoms with van der Waals surface area (Å²) in [6.45, 7) is 6.45. The lowest BCUT2D eigenvalue weighted by Crippen LogP contribution is -2.65. The van der Waals surface area contributed by atoms with Crippen LogP contribution in [0.25, 0.3) is 0 Å². The molecule has 12 amide bonds. The van der Waals surface area contributed by atoms with Crippen LogP contribution in [0.1, 0.15) is 167 Å². The quantitative estimate of drug-likeness (QED) is 0.254. The Hall–Kier alpha value is -7.14. The van der Waals surface area contributed by atoms with Gasteiger partial charge >= 0.3 is 6.18 Å². The number of fused-ring (bicyclic) bond motifs is 2. The molecule has 0 aromatic heterocycles. The number of carbonyl (C=O) groups is 12. The van der Waals surface area contributed by atoms with Crippen molar-refractivity contribution < 1.29 is 79.5 Å². The number of nitrogens with zero attached hydrogens (tertiary/aromatic N) is 9. The molecule has 7 rings (SSSR count). The van der Waals surface area contributed by atoms with Gasteiger partial charge in [-0.1, -0.05) is 85.0 Å². The molecule has 6 aliphatic rings. The largest absolute Gasteiger partial charge is 0.422 e. The minimum atomic E-state index is -5.38. The number of rotatable bonds is 10. The first kappa shape index (κ1) is 81.2. The molecule has 30 heteroatoms. The highest BCUT2D eigenvalue weighted by Gasteiger charge is 2.52. The Morgan fingerprint density at radius 2 is 1.31 bits per heavy atom. The van der Waals surface area contributed by atoms with Gasteiger partial charge in [-0.2, -0.15) is 13.2 Å². The number of nitrogens with two attached hydrogens (primary N) is 1. The number of amides is 12. The smallest absolute Gasteiger partial charge is 0.368 e. The van der Waals surface area contributed by atoms with Gasteiger partial charge < -0.3 is 60.5 Å². The molecule has 2 unspecified atom stereocenters. The second-order valence-corrected chi connectivity index (χ2v) is 30.7. The highest BCUT2D eigenvalue weighted by Crippen LogP contribution is 2.40. The van der Waals surface area contributed by atoms with E-state index in [1.165, 1.54) is 103 Å². The third-order valence-corrected chi connectivity index (χ3v) is 23.5. The van der Waals surface area contributed by atoms with Crippen LogP contribution in [0.5, 0.6) is 0 Å². The van der Waals surface area contributed by atoms with Gasteiger partial charge in [0.2, 0.25) is 70.9 Å². The molecule has 3 aliphatic heterocycles. The number of hydrogen-bond acceptors (Lipinski definition) is 13. The molecule has 3 aliphatic carbocycles. The first-order valence-corrected chi connectivity index (χ1v) is 37.1. The number of halogens is 5. The summed E-state index contributed by atoms with van der Waals surface area (Å²) in [6.07, 6.45) is 2.64. The second-order valence-electron chi connectivity index (χ2n) is 29.6. The Morgan fingerprint density at radius 1 is 0.703 bits per heavy atom. The van der Waals surface area contributed by atoms with Gasteiger partial charge in [0.15, 0.2) is 0 Å². The van der Waals surface area contributed by atoms with Crippen LogP contribution in [0, 0.1) is 41.2 Å². The number of hydrogen-bond donors (Lipinski definition) is 3. The van der Waals surface area contributed by atoms with E-state index in [1.807, 2.05) is 20.8 Å². The van der Waals surface area contributed by atoms with Gasteiger partial charge in [-0.25, -0.2) is 8.78 Å². The van der Waals surface area contributed by atoms with E-state index < -0.39 is 179 Å². The Kier molecular flexibility index (Phi) is 28.0.